The summed E-state index contributed by atoms with van der Waals surface area (Å²) in [6, 6.07) is 15.5. The molecule has 5 nitrogen and oxygen atoms in total. The number of hydrogen-bond acceptors (Lipinski definition) is 4. The van der Waals surface area contributed by atoms with Crippen molar-refractivity contribution in [3.8, 4) is 11.1 Å². The fraction of sp³-hybridized carbons (Fsp3) is 0.316. The van der Waals surface area contributed by atoms with E-state index in [1.807, 2.05) is 30.3 Å². The van der Waals surface area contributed by atoms with Gasteiger partial charge in [0, 0.05) is 18.8 Å². The van der Waals surface area contributed by atoms with E-state index < -0.39 is 18.2 Å². The average molecular weight is 324 g/mol. The summed E-state index contributed by atoms with van der Waals surface area (Å²) < 4.78 is 0. The van der Waals surface area contributed by atoms with Crippen LogP contribution in [-0.4, -0.2) is 47.5 Å². The Morgan fingerprint density at radius 3 is 2.58 bits per heavy atom. The molecule has 0 radical (unpaired) electrons. The van der Waals surface area contributed by atoms with Crippen LogP contribution < -0.4 is 10.2 Å². The highest BCUT2D eigenvalue weighted by Crippen LogP contribution is 2.33. The molecule has 0 spiro atoms. The summed E-state index contributed by atoms with van der Waals surface area (Å²) in [6.07, 6.45) is -1.14. The van der Waals surface area contributed by atoms with Crippen molar-refractivity contribution in [1.82, 2.24) is 5.32 Å². The maximum absolute atomic E-state index is 12.7. The number of anilines is 1. The van der Waals surface area contributed by atoms with Crippen LogP contribution >= 0.6 is 0 Å². The zero-order chi connectivity index (χ0) is 16.7. The maximum Gasteiger partial charge on any atom is 0.246 e. The van der Waals surface area contributed by atoms with Crippen LogP contribution in [0.3, 0.4) is 0 Å². The summed E-state index contributed by atoms with van der Waals surface area (Å²) in [5.41, 5.74) is 4.33. The van der Waals surface area contributed by atoms with Gasteiger partial charge < -0.3 is 20.4 Å². The molecule has 3 atom stereocenters. The van der Waals surface area contributed by atoms with Gasteiger partial charge in [0.2, 0.25) is 5.91 Å². The topological polar surface area (TPSA) is 72.8 Å². The van der Waals surface area contributed by atoms with E-state index in [-0.39, 0.29) is 12.5 Å². The second-order valence-corrected chi connectivity index (χ2v) is 6.39. The van der Waals surface area contributed by atoms with Crippen molar-refractivity contribution in [2.45, 2.75) is 24.7 Å². The fourth-order valence-corrected chi connectivity index (χ4v) is 3.55. The highest BCUT2D eigenvalue weighted by Gasteiger charge is 2.41. The largest absolute Gasteiger partial charge is 0.389 e. The van der Waals surface area contributed by atoms with E-state index in [4.69, 9.17) is 0 Å². The first-order valence-corrected chi connectivity index (χ1v) is 8.24. The lowest BCUT2D eigenvalue weighted by atomic mass is 10.0. The Labute approximate surface area is 140 Å². The quantitative estimate of drug-likeness (QED) is 0.769. The minimum atomic E-state index is -1.05. The number of nitrogens with zero attached hydrogens (tertiary/aromatic N) is 1. The molecule has 2 aliphatic heterocycles. The molecule has 0 bridgehead atoms. The lowest BCUT2D eigenvalue weighted by molar-refractivity contribution is -0.123. The van der Waals surface area contributed by atoms with Gasteiger partial charge in [-0.1, -0.05) is 36.4 Å². The number of amides is 1. The fourth-order valence-electron chi connectivity index (χ4n) is 3.55. The van der Waals surface area contributed by atoms with Crippen LogP contribution in [0, 0.1) is 0 Å². The second-order valence-electron chi connectivity index (χ2n) is 6.39. The molecule has 1 fully saturated rings. The number of fused-ring (bicyclic) bond motifs is 1. The van der Waals surface area contributed by atoms with Gasteiger partial charge >= 0.3 is 0 Å². The molecule has 4 rings (SSSR count). The highest BCUT2D eigenvalue weighted by molar-refractivity contribution is 6.00. The standard InChI is InChI=1S/C19H20N2O3/c22-16-11-20-17(18(16)23)19(24)21-9-8-14-10-13(6-7-15(14)21)12-4-2-1-3-5-12/h1-7,10,16-18,20,22-23H,8-9,11H2/t16-,17-,18-/m1/s1. The van der Waals surface area contributed by atoms with Crippen LogP contribution in [0.5, 0.6) is 0 Å². The monoisotopic (exact) mass is 324 g/mol. The summed E-state index contributed by atoms with van der Waals surface area (Å²) in [5.74, 6) is -0.176. The molecule has 2 heterocycles. The van der Waals surface area contributed by atoms with Crippen molar-refractivity contribution in [3.63, 3.8) is 0 Å². The summed E-state index contributed by atoms with van der Waals surface area (Å²) in [7, 11) is 0. The SMILES string of the molecule is O=C([C@@H]1NC[C@@H](O)[C@H]1O)N1CCc2cc(-c3ccccc3)ccc21. The molecular formula is C19H20N2O3. The first-order valence-electron chi connectivity index (χ1n) is 8.24. The van der Waals surface area contributed by atoms with Gasteiger partial charge in [-0.15, -0.1) is 0 Å². The smallest absolute Gasteiger partial charge is 0.246 e. The van der Waals surface area contributed by atoms with Crippen LogP contribution in [-0.2, 0) is 11.2 Å². The molecule has 2 aliphatic rings. The van der Waals surface area contributed by atoms with Crippen molar-refractivity contribution >= 4 is 11.6 Å². The van der Waals surface area contributed by atoms with Gasteiger partial charge in [-0.3, -0.25) is 4.79 Å². The Hall–Kier alpha value is -2.21. The first-order chi connectivity index (χ1) is 11.6. The molecule has 2 aromatic carbocycles. The number of β-amino-alcohol motifs (C(OH)–C–C–N with tert-alkyl or cyclic N) is 1. The minimum absolute atomic E-state index is 0.176. The van der Waals surface area contributed by atoms with E-state index in [9.17, 15) is 15.0 Å². The molecular weight excluding hydrogens is 304 g/mol. The predicted octanol–water partition coefficient (Wildman–Crippen LogP) is 0.936. The van der Waals surface area contributed by atoms with Crippen molar-refractivity contribution in [3.05, 3.63) is 54.1 Å². The molecule has 5 heteroatoms. The number of aliphatic hydroxyl groups is 2. The van der Waals surface area contributed by atoms with Gasteiger partial charge in [-0.25, -0.2) is 0 Å². The third-order valence-corrected chi connectivity index (χ3v) is 4.90. The van der Waals surface area contributed by atoms with Crippen LogP contribution in [0.1, 0.15) is 5.56 Å². The third-order valence-electron chi connectivity index (χ3n) is 4.90. The Morgan fingerprint density at radius 2 is 1.88 bits per heavy atom. The zero-order valence-electron chi connectivity index (χ0n) is 13.2. The molecule has 1 amide bonds. The Bertz CT molecular complexity index is 762. The van der Waals surface area contributed by atoms with Crippen LogP contribution in [0.4, 0.5) is 5.69 Å². The summed E-state index contributed by atoms with van der Waals surface area (Å²) in [4.78, 5) is 14.4. The molecule has 3 N–H and O–H groups in total. The second kappa shape index (κ2) is 6.02. The van der Waals surface area contributed by atoms with Crippen molar-refractivity contribution in [1.29, 1.82) is 0 Å². The maximum atomic E-state index is 12.7. The zero-order valence-corrected chi connectivity index (χ0v) is 13.2. The summed E-state index contributed by atoms with van der Waals surface area (Å²) in [5, 5.41) is 22.5. The van der Waals surface area contributed by atoms with Crippen LogP contribution in [0.2, 0.25) is 0 Å². The number of carbonyl (C=O) groups is 1. The molecule has 2 aromatic rings. The third kappa shape index (κ3) is 2.51. The van der Waals surface area contributed by atoms with E-state index in [1.165, 1.54) is 0 Å². The van der Waals surface area contributed by atoms with E-state index >= 15 is 0 Å². The molecule has 124 valence electrons. The number of aliphatic hydroxyl groups excluding tert-OH is 2. The predicted molar refractivity (Wildman–Crippen MR) is 91.7 cm³/mol. The van der Waals surface area contributed by atoms with Gasteiger partial charge in [0.25, 0.3) is 0 Å². The normalized spacial score (nSPS) is 25.8. The molecule has 0 saturated carbocycles. The van der Waals surface area contributed by atoms with Crippen LogP contribution in [0.25, 0.3) is 11.1 Å². The Balaban J connectivity index is 1.60. The van der Waals surface area contributed by atoms with Crippen molar-refractivity contribution in [2.24, 2.45) is 0 Å². The van der Waals surface area contributed by atoms with E-state index in [1.54, 1.807) is 4.90 Å². The number of rotatable bonds is 2. The molecule has 24 heavy (non-hydrogen) atoms. The highest BCUT2D eigenvalue weighted by atomic mass is 16.3. The number of benzene rings is 2. The van der Waals surface area contributed by atoms with Gasteiger partial charge in [-0.05, 0) is 35.2 Å². The minimum Gasteiger partial charge on any atom is -0.389 e. The number of hydrogen-bond donors (Lipinski definition) is 3. The van der Waals surface area contributed by atoms with E-state index in [0.717, 1.165) is 28.8 Å². The van der Waals surface area contributed by atoms with Gasteiger partial charge in [0.1, 0.15) is 12.1 Å². The number of carbonyl (C=O) groups excluding carboxylic acids is 1. The first kappa shape index (κ1) is 15.3. The Kier molecular flexibility index (Phi) is 3.84. The summed E-state index contributed by atoms with van der Waals surface area (Å²) >= 11 is 0. The molecule has 0 unspecified atom stereocenters. The number of nitrogens with one attached hydrogen (secondary N) is 1. The van der Waals surface area contributed by atoms with E-state index in [0.29, 0.717) is 6.54 Å². The molecule has 0 aliphatic carbocycles. The molecule has 1 saturated heterocycles. The lowest BCUT2D eigenvalue weighted by Gasteiger charge is -2.23. The van der Waals surface area contributed by atoms with Crippen molar-refractivity contribution in [2.75, 3.05) is 18.0 Å². The summed E-state index contributed by atoms with van der Waals surface area (Å²) in [6.45, 7) is 0.846. The van der Waals surface area contributed by atoms with Crippen molar-refractivity contribution < 1.29 is 15.0 Å². The van der Waals surface area contributed by atoms with Gasteiger partial charge in [-0.2, -0.15) is 0 Å². The Morgan fingerprint density at radius 1 is 1.08 bits per heavy atom. The van der Waals surface area contributed by atoms with Gasteiger partial charge in [0.15, 0.2) is 0 Å². The average Bonchev–Trinajstić information content (AvgIpc) is 3.19. The lowest BCUT2D eigenvalue weighted by Crippen LogP contribution is -2.48. The van der Waals surface area contributed by atoms with Crippen LogP contribution in [0.15, 0.2) is 48.5 Å². The van der Waals surface area contributed by atoms with Gasteiger partial charge in [0.05, 0.1) is 6.10 Å². The van der Waals surface area contributed by atoms with E-state index in [2.05, 4.69) is 23.5 Å². The molecule has 0 aromatic heterocycles.